The first kappa shape index (κ1) is 18.5. The Bertz CT molecular complexity index is 762. The second kappa shape index (κ2) is 7.51. The molecule has 1 spiro atoms. The van der Waals surface area contributed by atoms with Gasteiger partial charge in [0.05, 0.1) is 11.0 Å². The first-order valence-corrected chi connectivity index (χ1v) is 9.14. The number of aryl methyl sites for hydroxylation is 1. The van der Waals surface area contributed by atoms with Crippen molar-refractivity contribution in [3.05, 3.63) is 30.1 Å². The average Bonchev–Trinajstić information content (AvgIpc) is 3.14. The molecule has 1 saturated heterocycles. The minimum Gasteiger partial charge on any atom is -0.357 e. The van der Waals surface area contributed by atoms with Crippen LogP contribution in [0.15, 0.2) is 29.3 Å². The highest BCUT2D eigenvalue weighted by molar-refractivity contribution is 14.0. The molecule has 1 N–H and O–H groups in total. The molecule has 0 bridgehead atoms. The summed E-state index contributed by atoms with van der Waals surface area (Å²) in [6.07, 6.45) is 5.52. The number of guanidine groups is 1. The summed E-state index contributed by atoms with van der Waals surface area (Å²) in [6, 6.07) is 8.27. The van der Waals surface area contributed by atoms with Crippen LogP contribution in [0.5, 0.6) is 0 Å². The zero-order chi connectivity index (χ0) is 16.6. The molecule has 0 atom stereocenters. The van der Waals surface area contributed by atoms with E-state index in [4.69, 9.17) is 9.98 Å². The van der Waals surface area contributed by atoms with E-state index >= 15 is 0 Å². The number of aromatic nitrogens is 2. The normalized spacial score (nSPS) is 19.1. The van der Waals surface area contributed by atoms with Crippen LogP contribution in [0.1, 0.15) is 38.4 Å². The zero-order valence-electron chi connectivity index (χ0n) is 15.2. The van der Waals surface area contributed by atoms with Crippen LogP contribution in [0, 0.1) is 5.41 Å². The van der Waals surface area contributed by atoms with Crippen molar-refractivity contribution in [1.29, 1.82) is 0 Å². The van der Waals surface area contributed by atoms with Crippen molar-refractivity contribution in [1.82, 2.24) is 19.8 Å². The molecule has 2 aromatic rings. The smallest absolute Gasteiger partial charge is 0.194 e. The summed E-state index contributed by atoms with van der Waals surface area (Å²) < 4.78 is 2.15. The van der Waals surface area contributed by atoms with Gasteiger partial charge < -0.3 is 14.8 Å². The highest BCUT2D eigenvalue weighted by Crippen LogP contribution is 2.47. The molecule has 1 aliphatic carbocycles. The van der Waals surface area contributed by atoms with E-state index in [0.717, 1.165) is 30.4 Å². The van der Waals surface area contributed by atoms with Gasteiger partial charge in [-0.2, -0.15) is 0 Å². The maximum absolute atomic E-state index is 4.89. The number of nitrogens with one attached hydrogen (secondary N) is 1. The molecule has 1 saturated carbocycles. The summed E-state index contributed by atoms with van der Waals surface area (Å²) in [7, 11) is 2.08. The van der Waals surface area contributed by atoms with Gasteiger partial charge in [0.1, 0.15) is 12.4 Å². The van der Waals surface area contributed by atoms with Crippen LogP contribution in [0.3, 0.4) is 0 Å². The molecule has 136 valence electrons. The number of benzene rings is 1. The summed E-state index contributed by atoms with van der Waals surface area (Å²) in [6.45, 7) is 5.97. The molecule has 0 radical (unpaired) electrons. The minimum absolute atomic E-state index is 0. The van der Waals surface area contributed by atoms with Crippen molar-refractivity contribution in [3.8, 4) is 0 Å². The fraction of sp³-hybridized carbons (Fsp3) is 0.579. The number of likely N-dealkylation sites (tertiary alicyclic amines) is 1. The predicted molar refractivity (Wildman–Crippen MR) is 113 cm³/mol. The summed E-state index contributed by atoms with van der Waals surface area (Å²) in [5.41, 5.74) is 2.81. The average molecular weight is 453 g/mol. The van der Waals surface area contributed by atoms with E-state index in [0.29, 0.717) is 12.0 Å². The third-order valence-electron chi connectivity index (χ3n) is 5.74. The van der Waals surface area contributed by atoms with E-state index in [1.54, 1.807) is 0 Å². The number of imidazole rings is 1. The molecule has 6 heteroatoms. The SMILES string of the molecule is CCNC(=NCc1nc2ccccc2n1C)N1CCC2(CCC2)C1.I. The monoisotopic (exact) mass is 453 g/mol. The van der Waals surface area contributed by atoms with Crippen molar-refractivity contribution in [2.75, 3.05) is 19.6 Å². The fourth-order valence-corrected chi connectivity index (χ4v) is 4.11. The van der Waals surface area contributed by atoms with Crippen LogP contribution in [0.4, 0.5) is 0 Å². The summed E-state index contributed by atoms with van der Waals surface area (Å²) in [5, 5.41) is 3.47. The highest BCUT2D eigenvalue weighted by Gasteiger charge is 2.43. The highest BCUT2D eigenvalue weighted by atomic mass is 127. The molecule has 4 rings (SSSR count). The Balaban J connectivity index is 0.00000182. The summed E-state index contributed by atoms with van der Waals surface area (Å²) in [5.74, 6) is 2.07. The van der Waals surface area contributed by atoms with Gasteiger partial charge in [-0.25, -0.2) is 9.98 Å². The van der Waals surface area contributed by atoms with E-state index in [-0.39, 0.29) is 24.0 Å². The van der Waals surface area contributed by atoms with E-state index in [2.05, 4.69) is 47.0 Å². The van der Waals surface area contributed by atoms with E-state index in [9.17, 15) is 0 Å². The summed E-state index contributed by atoms with van der Waals surface area (Å²) in [4.78, 5) is 12.1. The molecule has 5 nitrogen and oxygen atoms in total. The molecule has 1 aromatic heterocycles. The Labute approximate surface area is 166 Å². The molecular formula is C19H28IN5. The predicted octanol–water partition coefficient (Wildman–Crippen LogP) is 3.53. The molecule has 25 heavy (non-hydrogen) atoms. The molecule has 2 aliphatic rings. The van der Waals surface area contributed by atoms with Crippen molar-refractivity contribution in [3.63, 3.8) is 0 Å². The number of aliphatic imine (C=N–C) groups is 1. The maximum atomic E-state index is 4.89. The van der Waals surface area contributed by atoms with Gasteiger partial charge in [-0.15, -0.1) is 24.0 Å². The largest absolute Gasteiger partial charge is 0.357 e. The molecular weight excluding hydrogens is 425 g/mol. The Morgan fingerprint density at radius 2 is 2.08 bits per heavy atom. The van der Waals surface area contributed by atoms with Crippen LogP contribution in [-0.4, -0.2) is 40.0 Å². The number of rotatable bonds is 3. The second-order valence-corrected chi connectivity index (χ2v) is 7.27. The number of hydrogen-bond acceptors (Lipinski definition) is 2. The lowest BCUT2D eigenvalue weighted by molar-refractivity contribution is 0.151. The molecule has 1 aromatic carbocycles. The lowest BCUT2D eigenvalue weighted by Gasteiger charge is -2.38. The Kier molecular flexibility index (Phi) is 5.55. The van der Waals surface area contributed by atoms with Crippen LogP contribution in [-0.2, 0) is 13.6 Å². The molecule has 2 fully saturated rings. The molecule has 0 unspecified atom stereocenters. The van der Waals surface area contributed by atoms with Gasteiger partial charge in [-0.05, 0) is 43.7 Å². The molecule has 0 amide bonds. The lowest BCUT2D eigenvalue weighted by Crippen LogP contribution is -2.42. The number of para-hydroxylation sites is 2. The third-order valence-corrected chi connectivity index (χ3v) is 5.74. The lowest BCUT2D eigenvalue weighted by atomic mass is 9.68. The zero-order valence-corrected chi connectivity index (χ0v) is 17.5. The number of nitrogens with zero attached hydrogens (tertiary/aromatic N) is 4. The van der Waals surface area contributed by atoms with Crippen molar-refractivity contribution in [2.45, 2.75) is 39.2 Å². The van der Waals surface area contributed by atoms with Gasteiger partial charge >= 0.3 is 0 Å². The first-order valence-electron chi connectivity index (χ1n) is 9.14. The van der Waals surface area contributed by atoms with Crippen LogP contribution in [0.25, 0.3) is 11.0 Å². The van der Waals surface area contributed by atoms with Crippen molar-refractivity contribution in [2.24, 2.45) is 17.5 Å². The number of fused-ring (bicyclic) bond motifs is 1. The van der Waals surface area contributed by atoms with Crippen LogP contribution < -0.4 is 5.32 Å². The molecule has 2 heterocycles. The minimum atomic E-state index is 0. The van der Waals surface area contributed by atoms with Gasteiger partial charge in [0, 0.05) is 26.7 Å². The van der Waals surface area contributed by atoms with Crippen LogP contribution >= 0.6 is 24.0 Å². The van der Waals surface area contributed by atoms with Crippen molar-refractivity contribution < 1.29 is 0 Å². The van der Waals surface area contributed by atoms with Gasteiger partial charge in [0.25, 0.3) is 0 Å². The quantitative estimate of drug-likeness (QED) is 0.440. The first-order chi connectivity index (χ1) is 11.7. The summed E-state index contributed by atoms with van der Waals surface area (Å²) >= 11 is 0. The van der Waals surface area contributed by atoms with Crippen LogP contribution in [0.2, 0.25) is 0 Å². The van der Waals surface area contributed by atoms with Gasteiger partial charge in [-0.3, -0.25) is 0 Å². The number of hydrogen-bond donors (Lipinski definition) is 1. The number of halogens is 1. The van der Waals surface area contributed by atoms with Crippen molar-refractivity contribution >= 4 is 41.0 Å². The van der Waals surface area contributed by atoms with E-state index < -0.39 is 0 Å². The Morgan fingerprint density at radius 1 is 1.28 bits per heavy atom. The molecule has 1 aliphatic heterocycles. The maximum Gasteiger partial charge on any atom is 0.194 e. The standard InChI is InChI=1S/C19H27N5.HI/c1-3-20-18(24-12-11-19(14-24)9-6-10-19)21-13-17-22-15-7-4-5-8-16(15)23(17)2;/h4-5,7-8H,3,6,9-14H2,1-2H3,(H,20,21);1H. The van der Waals surface area contributed by atoms with Gasteiger partial charge in [0.2, 0.25) is 0 Å². The topological polar surface area (TPSA) is 45.5 Å². The Morgan fingerprint density at radius 3 is 2.72 bits per heavy atom. The Hall–Kier alpha value is -1.31. The van der Waals surface area contributed by atoms with Gasteiger partial charge in [0.15, 0.2) is 5.96 Å². The second-order valence-electron chi connectivity index (χ2n) is 7.27. The van der Waals surface area contributed by atoms with E-state index in [1.165, 1.54) is 37.7 Å². The van der Waals surface area contributed by atoms with Gasteiger partial charge in [-0.1, -0.05) is 18.6 Å². The fourth-order valence-electron chi connectivity index (χ4n) is 4.11. The van der Waals surface area contributed by atoms with E-state index in [1.807, 2.05) is 6.07 Å². The third kappa shape index (κ3) is 3.50.